The third-order valence-corrected chi connectivity index (χ3v) is 2.86. The molecule has 0 N–H and O–H groups in total. The highest BCUT2D eigenvalue weighted by molar-refractivity contribution is 5.39. The third-order valence-electron chi connectivity index (χ3n) is 2.86. The predicted octanol–water partition coefficient (Wildman–Crippen LogP) is 2.78. The summed E-state index contributed by atoms with van der Waals surface area (Å²) < 4.78 is 11.0. The van der Waals surface area contributed by atoms with Gasteiger partial charge in [-0.25, -0.2) is 0 Å². The Morgan fingerprint density at radius 3 is 2.70 bits per heavy atom. The highest BCUT2D eigenvalue weighted by Crippen LogP contribution is 2.26. The fraction of sp³-hybridized carbons (Fsp3) is 0.250. The Morgan fingerprint density at radius 2 is 2.00 bits per heavy atom. The van der Waals surface area contributed by atoms with E-state index in [1.54, 1.807) is 19.4 Å². The van der Waals surface area contributed by atoms with Gasteiger partial charge in [-0.1, -0.05) is 30.3 Å². The average Bonchev–Trinajstić information content (AvgIpc) is 2.49. The van der Waals surface area contributed by atoms with Gasteiger partial charge < -0.3 is 9.47 Å². The Hall–Kier alpha value is -2.54. The van der Waals surface area contributed by atoms with Crippen LogP contribution >= 0.6 is 0 Å². The van der Waals surface area contributed by atoms with Crippen molar-refractivity contribution in [3.8, 4) is 17.6 Å². The summed E-state index contributed by atoms with van der Waals surface area (Å²) >= 11 is 0. The van der Waals surface area contributed by atoms with Crippen LogP contribution in [0.25, 0.3) is 0 Å². The smallest absolute Gasteiger partial charge is 0.179 e. The summed E-state index contributed by atoms with van der Waals surface area (Å²) in [5.41, 5.74) is 1.90. The summed E-state index contributed by atoms with van der Waals surface area (Å²) in [5, 5.41) is 8.70. The Kier molecular flexibility index (Phi) is 4.96. The maximum atomic E-state index is 8.70. The number of methoxy groups -OCH3 is 1. The van der Waals surface area contributed by atoms with Crippen LogP contribution in [0, 0.1) is 11.3 Å². The predicted molar refractivity (Wildman–Crippen MR) is 75.7 cm³/mol. The molecule has 0 saturated heterocycles. The van der Waals surface area contributed by atoms with Crippen LogP contribution in [0.2, 0.25) is 0 Å². The fourth-order valence-corrected chi connectivity index (χ4v) is 1.83. The first-order chi connectivity index (χ1) is 9.83. The molecule has 0 radical (unpaired) electrons. The molecule has 2 rings (SSSR count). The van der Waals surface area contributed by atoms with E-state index < -0.39 is 0 Å². The molecule has 0 saturated carbocycles. The number of benzene rings is 1. The first-order valence-electron chi connectivity index (χ1n) is 6.40. The van der Waals surface area contributed by atoms with Crippen molar-refractivity contribution in [3.05, 3.63) is 53.9 Å². The molecule has 0 fully saturated rings. The summed E-state index contributed by atoms with van der Waals surface area (Å²) in [7, 11) is 1.57. The molecule has 4 heteroatoms. The molecule has 4 nitrogen and oxygen atoms in total. The van der Waals surface area contributed by atoms with Crippen LogP contribution in [0.4, 0.5) is 0 Å². The molecule has 1 aromatic carbocycles. The van der Waals surface area contributed by atoms with Gasteiger partial charge in [0.2, 0.25) is 0 Å². The van der Waals surface area contributed by atoms with Crippen molar-refractivity contribution in [2.75, 3.05) is 13.7 Å². The van der Waals surface area contributed by atoms with E-state index in [1.165, 1.54) is 5.56 Å². The van der Waals surface area contributed by atoms with Crippen LogP contribution in [-0.2, 0) is 12.8 Å². The second-order valence-corrected chi connectivity index (χ2v) is 4.25. The number of hydrogen-bond donors (Lipinski definition) is 0. The summed E-state index contributed by atoms with van der Waals surface area (Å²) in [4.78, 5) is 4.14. The second kappa shape index (κ2) is 7.15. The number of nitriles is 1. The van der Waals surface area contributed by atoms with E-state index in [0.717, 1.165) is 6.42 Å². The molecule has 0 bridgehead atoms. The highest BCUT2D eigenvalue weighted by atomic mass is 16.5. The number of aromatic nitrogens is 1. The molecule has 0 atom stereocenters. The van der Waals surface area contributed by atoms with E-state index in [4.69, 9.17) is 14.7 Å². The van der Waals surface area contributed by atoms with Gasteiger partial charge in [-0.3, -0.25) is 4.98 Å². The summed E-state index contributed by atoms with van der Waals surface area (Å²) in [6.07, 6.45) is 2.67. The zero-order chi connectivity index (χ0) is 14.2. The van der Waals surface area contributed by atoms with E-state index in [9.17, 15) is 0 Å². The lowest BCUT2D eigenvalue weighted by molar-refractivity contribution is 0.296. The van der Waals surface area contributed by atoms with E-state index in [0.29, 0.717) is 23.8 Å². The van der Waals surface area contributed by atoms with Gasteiger partial charge in [0, 0.05) is 12.5 Å². The molecule has 0 amide bonds. The van der Waals surface area contributed by atoms with E-state index in [1.807, 2.05) is 18.2 Å². The molecule has 0 aliphatic rings. The quantitative estimate of drug-likeness (QED) is 0.808. The van der Waals surface area contributed by atoms with Gasteiger partial charge in [-0.2, -0.15) is 5.26 Å². The van der Waals surface area contributed by atoms with Gasteiger partial charge in [0.15, 0.2) is 11.5 Å². The zero-order valence-electron chi connectivity index (χ0n) is 11.4. The Bertz CT molecular complexity index is 591. The molecular formula is C16H16N2O2. The first kappa shape index (κ1) is 13.9. The van der Waals surface area contributed by atoms with Gasteiger partial charge in [0.05, 0.1) is 38.1 Å². The molecule has 0 unspecified atom stereocenters. The topological polar surface area (TPSA) is 55.1 Å². The molecule has 2 aromatic rings. The maximum absolute atomic E-state index is 8.70. The van der Waals surface area contributed by atoms with Gasteiger partial charge >= 0.3 is 0 Å². The minimum atomic E-state index is 0.263. The van der Waals surface area contributed by atoms with E-state index >= 15 is 0 Å². The molecule has 0 aliphatic heterocycles. The molecule has 0 aliphatic carbocycles. The molecule has 20 heavy (non-hydrogen) atoms. The second-order valence-electron chi connectivity index (χ2n) is 4.25. The van der Waals surface area contributed by atoms with Crippen LogP contribution in [0.3, 0.4) is 0 Å². The normalized spacial score (nSPS) is 9.80. The van der Waals surface area contributed by atoms with Crippen LogP contribution in [0.15, 0.2) is 42.6 Å². The van der Waals surface area contributed by atoms with Crippen molar-refractivity contribution in [1.29, 1.82) is 5.26 Å². The number of ether oxygens (including phenoxy) is 2. The van der Waals surface area contributed by atoms with Crippen LogP contribution in [0.5, 0.6) is 11.5 Å². The number of rotatable bonds is 6. The van der Waals surface area contributed by atoms with Crippen molar-refractivity contribution in [1.82, 2.24) is 4.98 Å². The molecule has 1 heterocycles. The van der Waals surface area contributed by atoms with Crippen molar-refractivity contribution in [3.63, 3.8) is 0 Å². The summed E-state index contributed by atoms with van der Waals surface area (Å²) in [5.74, 6) is 1.21. The minimum Gasteiger partial charge on any atom is -0.491 e. The Labute approximate surface area is 118 Å². The molecule has 1 aromatic heterocycles. The fourth-order valence-electron chi connectivity index (χ4n) is 1.83. The number of hydrogen-bond acceptors (Lipinski definition) is 4. The lowest BCUT2D eigenvalue weighted by Gasteiger charge is -2.11. The van der Waals surface area contributed by atoms with Crippen molar-refractivity contribution in [2.45, 2.75) is 12.8 Å². The van der Waals surface area contributed by atoms with Gasteiger partial charge in [0.1, 0.15) is 0 Å². The van der Waals surface area contributed by atoms with E-state index in [-0.39, 0.29) is 6.42 Å². The van der Waals surface area contributed by atoms with E-state index in [2.05, 4.69) is 23.2 Å². The summed E-state index contributed by atoms with van der Waals surface area (Å²) in [6, 6.07) is 14.0. The Morgan fingerprint density at radius 1 is 1.20 bits per heavy atom. The molecular weight excluding hydrogens is 252 g/mol. The standard InChI is InChI=1S/C16H16N2O2/c1-19-16-12-18-14(7-9-17)11-15(16)20-10-8-13-5-3-2-4-6-13/h2-6,11-12H,7-8,10H2,1H3. The lowest BCUT2D eigenvalue weighted by atomic mass is 10.2. The van der Waals surface area contributed by atoms with Crippen LogP contribution in [-0.4, -0.2) is 18.7 Å². The van der Waals surface area contributed by atoms with Crippen LogP contribution < -0.4 is 9.47 Å². The Balaban J connectivity index is 2.00. The van der Waals surface area contributed by atoms with Gasteiger partial charge in [-0.15, -0.1) is 0 Å². The maximum Gasteiger partial charge on any atom is 0.179 e. The van der Waals surface area contributed by atoms with Crippen molar-refractivity contribution < 1.29 is 9.47 Å². The number of nitrogens with zero attached hydrogens (tertiary/aromatic N) is 2. The highest BCUT2D eigenvalue weighted by Gasteiger charge is 2.07. The van der Waals surface area contributed by atoms with Gasteiger partial charge in [0.25, 0.3) is 0 Å². The van der Waals surface area contributed by atoms with Crippen molar-refractivity contribution in [2.24, 2.45) is 0 Å². The first-order valence-corrected chi connectivity index (χ1v) is 6.40. The zero-order valence-corrected chi connectivity index (χ0v) is 11.4. The summed E-state index contributed by atoms with van der Waals surface area (Å²) in [6.45, 7) is 0.552. The van der Waals surface area contributed by atoms with Crippen LogP contribution in [0.1, 0.15) is 11.3 Å². The SMILES string of the molecule is COc1cnc(CC#N)cc1OCCc1ccccc1. The lowest BCUT2D eigenvalue weighted by Crippen LogP contribution is -2.04. The minimum absolute atomic E-state index is 0.263. The average molecular weight is 268 g/mol. The molecule has 102 valence electrons. The van der Waals surface area contributed by atoms with Gasteiger partial charge in [-0.05, 0) is 5.56 Å². The monoisotopic (exact) mass is 268 g/mol. The number of pyridine rings is 1. The molecule has 0 spiro atoms. The largest absolute Gasteiger partial charge is 0.491 e. The van der Waals surface area contributed by atoms with Crippen molar-refractivity contribution >= 4 is 0 Å². The third kappa shape index (κ3) is 3.72.